The lowest BCUT2D eigenvalue weighted by molar-refractivity contribution is -0.117. The molecular weight excluding hydrogens is 459 g/mol. The molecule has 0 fully saturated rings. The van der Waals surface area contributed by atoms with Crippen molar-refractivity contribution in [3.05, 3.63) is 56.9 Å². The fourth-order valence-electron chi connectivity index (χ4n) is 3.12. The van der Waals surface area contributed by atoms with E-state index in [2.05, 4.69) is 17.2 Å². The molecule has 0 radical (unpaired) electrons. The van der Waals surface area contributed by atoms with E-state index in [0.29, 0.717) is 43.5 Å². The molecule has 1 amide bonds. The van der Waals surface area contributed by atoms with Crippen LogP contribution in [0.1, 0.15) is 31.0 Å². The lowest BCUT2D eigenvalue weighted by atomic mass is 10.2. The molecule has 31 heavy (non-hydrogen) atoms. The highest BCUT2D eigenvalue weighted by molar-refractivity contribution is 6.38. The molecule has 9 heteroatoms. The first-order chi connectivity index (χ1) is 14.8. The predicted octanol–water partition coefficient (Wildman–Crippen LogP) is 5.53. The molecule has 6 nitrogen and oxygen atoms in total. The molecule has 0 saturated carbocycles. The highest BCUT2D eigenvalue weighted by Crippen LogP contribution is 2.35. The van der Waals surface area contributed by atoms with Crippen molar-refractivity contribution in [2.45, 2.75) is 33.3 Å². The van der Waals surface area contributed by atoms with Gasteiger partial charge in [-0.25, -0.2) is 4.98 Å². The molecular formula is C22H25Cl3N4O2. The van der Waals surface area contributed by atoms with Crippen molar-refractivity contribution in [2.75, 3.05) is 25.0 Å². The van der Waals surface area contributed by atoms with Crippen LogP contribution in [-0.2, 0) is 11.4 Å². The predicted molar refractivity (Wildman–Crippen MR) is 127 cm³/mol. The zero-order valence-electron chi connectivity index (χ0n) is 17.7. The standard InChI is InChI=1S/C22H25Cl3N4O2/c1-4-5-10-26-12-19(30)28(3)17-9-8-16(23)15(20(17)24)13-31-18-7-6-11-29-21(25)14(2)27-22(18)29/h6-9,11,26H,4-5,10,12-13H2,1-3H3. The summed E-state index contributed by atoms with van der Waals surface area (Å²) in [6.07, 6.45) is 3.91. The van der Waals surface area contributed by atoms with E-state index >= 15 is 0 Å². The number of nitrogens with zero attached hydrogens (tertiary/aromatic N) is 3. The van der Waals surface area contributed by atoms with E-state index in [-0.39, 0.29) is 19.1 Å². The number of ether oxygens (including phenoxy) is 1. The van der Waals surface area contributed by atoms with Gasteiger partial charge in [-0.2, -0.15) is 0 Å². The Bertz CT molecular complexity index is 1080. The normalized spacial score (nSPS) is 11.2. The number of carbonyl (C=O) groups excluding carboxylic acids is 1. The summed E-state index contributed by atoms with van der Waals surface area (Å²) >= 11 is 19.3. The molecule has 0 spiro atoms. The Morgan fingerprint density at radius 1 is 1.26 bits per heavy atom. The molecule has 0 aliphatic carbocycles. The quantitative estimate of drug-likeness (QED) is 0.406. The molecule has 2 heterocycles. The Hall–Kier alpha value is -1.99. The number of benzene rings is 1. The smallest absolute Gasteiger partial charge is 0.240 e. The SMILES string of the molecule is CCCCNCC(=O)N(C)c1ccc(Cl)c(COc2cccn3c(Cl)c(C)nc23)c1Cl. The number of nitrogens with one attached hydrogen (secondary N) is 1. The van der Waals surface area contributed by atoms with Gasteiger partial charge in [0.25, 0.3) is 0 Å². The van der Waals surface area contributed by atoms with Crippen molar-refractivity contribution >= 4 is 52.0 Å². The van der Waals surface area contributed by atoms with Crippen molar-refractivity contribution < 1.29 is 9.53 Å². The van der Waals surface area contributed by atoms with Gasteiger partial charge in [0.05, 0.1) is 22.9 Å². The van der Waals surface area contributed by atoms with Crippen LogP contribution in [0.5, 0.6) is 5.75 Å². The first-order valence-electron chi connectivity index (χ1n) is 10.0. The number of hydrogen-bond acceptors (Lipinski definition) is 4. The van der Waals surface area contributed by atoms with E-state index in [0.717, 1.165) is 19.4 Å². The van der Waals surface area contributed by atoms with Gasteiger partial charge in [-0.15, -0.1) is 0 Å². The maximum Gasteiger partial charge on any atom is 0.240 e. The summed E-state index contributed by atoms with van der Waals surface area (Å²) in [4.78, 5) is 18.5. The number of imidazole rings is 1. The Morgan fingerprint density at radius 2 is 2.03 bits per heavy atom. The summed E-state index contributed by atoms with van der Waals surface area (Å²) in [6, 6.07) is 7.08. The minimum atomic E-state index is -0.0838. The molecule has 0 saturated heterocycles. The third-order valence-electron chi connectivity index (χ3n) is 4.97. The highest BCUT2D eigenvalue weighted by atomic mass is 35.5. The topological polar surface area (TPSA) is 58.9 Å². The van der Waals surface area contributed by atoms with Gasteiger partial charge in [0, 0.05) is 23.8 Å². The van der Waals surface area contributed by atoms with Crippen LogP contribution < -0.4 is 15.0 Å². The number of aryl methyl sites for hydroxylation is 1. The molecule has 3 aromatic rings. The average Bonchev–Trinajstić information content (AvgIpc) is 3.05. The second-order valence-electron chi connectivity index (χ2n) is 7.18. The lowest BCUT2D eigenvalue weighted by Gasteiger charge is -2.21. The van der Waals surface area contributed by atoms with Crippen molar-refractivity contribution in [1.82, 2.24) is 14.7 Å². The number of amides is 1. The largest absolute Gasteiger partial charge is 0.485 e. The summed E-state index contributed by atoms with van der Waals surface area (Å²) < 4.78 is 7.75. The van der Waals surface area contributed by atoms with E-state index < -0.39 is 0 Å². The summed E-state index contributed by atoms with van der Waals surface area (Å²) in [5.74, 6) is 0.471. The second-order valence-corrected chi connectivity index (χ2v) is 8.33. The number of hydrogen-bond donors (Lipinski definition) is 1. The van der Waals surface area contributed by atoms with Crippen molar-refractivity contribution in [2.24, 2.45) is 0 Å². The zero-order chi connectivity index (χ0) is 22.5. The lowest BCUT2D eigenvalue weighted by Crippen LogP contribution is -2.36. The van der Waals surface area contributed by atoms with Crippen LogP contribution in [0.15, 0.2) is 30.5 Å². The number of rotatable bonds is 9. The minimum absolute atomic E-state index is 0.0838. The summed E-state index contributed by atoms with van der Waals surface area (Å²) in [5.41, 5.74) is 2.49. The fraction of sp³-hybridized carbons (Fsp3) is 0.364. The van der Waals surface area contributed by atoms with Crippen LogP contribution in [0.25, 0.3) is 5.65 Å². The van der Waals surface area contributed by atoms with Gasteiger partial charge >= 0.3 is 0 Å². The second kappa shape index (κ2) is 10.6. The van der Waals surface area contributed by atoms with Gasteiger partial charge in [-0.3, -0.25) is 9.20 Å². The molecule has 166 valence electrons. The molecule has 2 aromatic heterocycles. The average molecular weight is 484 g/mol. The van der Waals surface area contributed by atoms with Crippen LogP contribution in [0.4, 0.5) is 5.69 Å². The van der Waals surface area contributed by atoms with Crippen molar-refractivity contribution in [1.29, 1.82) is 0 Å². The Kier molecular flexibility index (Phi) is 8.06. The van der Waals surface area contributed by atoms with Gasteiger partial charge in [-0.1, -0.05) is 48.1 Å². The number of halogens is 3. The summed E-state index contributed by atoms with van der Waals surface area (Å²) in [5, 5.41) is 4.52. The van der Waals surface area contributed by atoms with Crippen molar-refractivity contribution in [3.63, 3.8) is 0 Å². The van der Waals surface area contributed by atoms with Gasteiger partial charge in [0.15, 0.2) is 11.4 Å². The minimum Gasteiger partial charge on any atom is -0.485 e. The maximum absolute atomic E-state index is 12.5. The van der Waals surface area contributed by atoms with E-state index in [1.54, 1.807) is 29.6 Å². The molecule has 0 atom stereocenters. The molecule has 0 unspecified atom stereocenters. The number of unbranched alkanes of at least 4 members (excludes halogenated alkanes) is 1. The van der Waals surface area contributed by atoms with Gasteiger partial charge in [0.1, 0.15) is 11.8 Å². The first-order valence-corrected chi connectivity index (χ1v) is 11.2. The van der Waals surface area contributed by atoms with Gasteiger partial charge in [-0.05, 0) is 44.2 Å². The monoisotopic (exact) mass is 482 g/mol. The number of anilines is 1. The molecule has 0 aliphatic heterocycles. The van der Waals surface area contributed by atoms with Gasteiger partial charge in [0.2, 0.25) is 5.91 Å². The third-order valence-corrected chi connectivity index (χ3v) is 6.20. The number of fused-ring (bicyclic) bond motifs is 1. The van der Waals surface area contributed by atoms with Crippen LogP contribution in [0.2, 0.25) is 15.2 Å². The fourth-order valence-corrected chi connectivity index (χ4v) is 3.90. The highest BCUT2D eigenvalue weighted by Gasteiger charge is 2.19. The van der Waals surface area contributed by atoms with Gasteiger partial charge < -0.3 is 15.0 Å². The third kappa shape index (κ3) is 5.26. The van der Waals surface area contributed by atoms with Crippen molar-refractivity contribution in [3.8, 4) is 5.75 Å². The molecule has 0 aliphatic rings. The number of pyridine rings is 1. The number of aromatic nitrogens is 2. The first kappa shape index (κ1) is 23.7. The number of carbonyl (C=O) groups is 1. The Balaban J connectivity index is 1.78. The maximum atomic E-state index is 12.5. The van der Waals surface area contributed by atoms with Crippen LogP contribution in [-0.4, -0.2) is 35.4 Å². The number of likely N-dealkylation sites (N-methyl/N-ethyl adjacent to an activating group) is 1. The summed E-state index contributed by atoms with van der Waals surface area (Å²) in [6.45, 7) is 5.09. The Morgan fingerprint density at radius 3 is 2.77 bits per heavy atom. The van der Waals surface area contributed by atoms with Crippen LogP contribution in [0.3, 0.4) is 0 Å². The Labute approximate surface area is 197 Å². The van der Waals surface area contributed by atoms with E-state index in [9.17, 15) is 4.79 Å². The van der Waals surface area contributed by atoms with Crippen LogP contribution >= 0.6 is 34.8 Å². The van der Waals surface area contributed by atoms with E-state index in [1.807, 2.05) is 19.2 Å². The molecule has 0 bridgehead atoms. The van der Waals surface area contributed by atoms with Crippen LogP contribution in [0, 0.1) is 6.92 Å². The molecule has 1 N–H and O–H groups in total. The molecule has 3 rings (SSSR count). The zero-order valence-corrected chi connectivity index (χ0v) is 20.0. The van der Waals surface area contributed by atoms with E-state index in [4.69, 9.17) is 39.5 Å². The summed E-state index contributed by atoms with van der Waals surface area (Å²) in [7, 11) is 1.69. The van der Waals surface area contributed by atoms with E-state index in [1.165, 1.54) is 4.90 Å². The molecule has 1 aromatic carbocycles.